The molecule has 0 radical (unpaired) electrons. The molecule has 2 aliphatic heterocycles. The largest absolute Gasteiger partial charge is 0.372 e. The number of benzene rings is 1. The first-order valence-electron chi connectivity index (χ1n) is 9.92. The highest BCUT2D eigenvalue weighted by Gasteiger charge is 2.18. The summed E-state index contributed by atoms with van der Waals surface area (Å²) in [6, 6.07) is 8.02. The molecule has 1 aromatic carbocycles. The van der Waals surface area contributed by atoms with Gasteiger partial charge < -0.3 is 15.1 Å². The molecular weight excluding hydrogens is 338 g/mol. The van der Waals surface area contributed by atoms with Crippen molar-refractivity contribution in [2.24, 2.45) is 5.92 Å². The standard InChI is InChI=1S/C21H27N5O/c1-16-8-12-26(13-9-16)20-15-22-19(14-23-20)21(27)24-17-4-6-18(7-5-17)25-10-2-3-11-25/h4-7,14-16H,2-3,8-13H2,1H3,(H,24,27). The number of amides is 1. The molecule has 6 heteroatoms. The average Bonchev–Trinajstić information content (AvgIpc) is 3.24. The maximum atomic E-state index is 12.4. The van der Waals surface area contributed by atoms with Crippen molar-refractivity contribution < 1.29 is 4.79 Å². The molecule has 2 fully saturated rings. The Bertz CT molecular complexity index is 760. The monoisotopic (exact) mass is 365 g/mol. The highest BCUT2D eigenvalue weighted by atomic mass is 16.1. The second kappa shape index (κ2) is 7.94. The molecule has 0 atom stereocenters. The SMILES string of the molecule is CC1CCN(c2cnc(C(=O)Nc3ccc(N4CCCC4)cc3)cn2)CC1. The van der Waals surface area contributed by atoms with Gasteiger partial charge in [0.25, 0.3) is 5.91 Å². The molecule has 27 heavy (non-hydrogen) atoms. The van der Waals surface area contributed by atoms with Gasteiger partial charge in [-0.1, -0.05) is 6.92 Å². The Morgan fingerprint density at radius 3 is 2.30 bits per heavy atom. The number of rotatable bonds is 4. The second-order valence-electron chi connectivity index (χ2n) is 7.62. The van der Waals surface area contributed by atoms with Crippen molar-refractivity contribution in [3.63, 3.8) is 0 Å². The van der Waals surface area contributed by atoms with Crippen LogP contribution in [0.1, 0.15) is 43.1 Å². The number of hydrogen-bond acceptors (Lipinski definition) is 5. The van der Waals surface area contributed by atoms with Crippen molar-refractivity contribution in [2.75, 3.05) is 41.3 Å². The van der Waals surface area contributed by atoms with Gasteiger partial charge in [0, 0.05) is 37.6 Å². The van der Waals surface area contributed by atoms with Gasteiger partial charge in [-0.3, -0.25) is 4.79 Å². The van der Waals surface area contributed by atoms with Crippen LogP contribution in [0, 0.1) is 5.92 Å². The Labute approximate surface area is 160 Å². The summed E-state index contributed by atoms with van der Waals surface area (Å²) in [5, 5.41) is 2.91. The third-order valence-corrected chi connectivity index (χ3v) is 5.57. The number of carbonyl (C=O) groups excluding carboxylic acids is 1. The maximum Gasteiger partial charge on any atom is 0.275 e. The van der Waals surface area contributed by atoms with Crippen LogP contribution in [-0.2, 0) is 0 Å². The van der Waals surface area contributed by atoms with E-state index in [1.54, 1.807) is 12.4 Å². The van der Waals surface area contributed by atoms with E-state index in [9.17, 15) is 4.79 Å². The van der Waals surface area contributed by atoms with Gasteiger partial charge in [0.2, 0.25) is 0 Å². The fraction of sp³-hybridized carbons (Fsp3) is 0.476. The van der Waals surface area contributed by atoms with E-state index in [1.807, 2.05) is 12.1 Å². The smallest absolute Gasteiger partial charge is 0.275 e. The maximum absolute atomic E-state index is 12.4. The van der Waals surface area contributed by atoms with E-state index >= 15 is 0 Å². The summed E-state index contributed by atoms with van der Waals surface area (Å²) >= 11 is 0. The van der Waals surface area contributed by atoms with Crippen molar-refractivity contribution in [2.45, 2.75) is 32.6 Å². The summed E-state index contributed by atoms with van der Waals surface area (Å²) in [7, 11) is 0. The van der Waals surface area contributed by atoms with E-state index in [2.05, 4.69) is 44.1 Å². The molecule has 142 valence electrons. The van der Waals surface area contributed by atoms with Crippen LogP contribution in [0.5, 0.6) is 0 Å². The molecule has 2 saturated heterocycles. The number of carbonyl (C=O) groups is 1. The van der Waals surface area contributed by atoms with E-state index in [0.29, 0.717) is 5.69 Å². The quantitative estimate of drug-likeness (QED) is 0.898. The summed E-state index contributed by atoms with van der Waals surface area (Å²) in [6.07, 6.45) is 8.14. The predicted octanol–water partition coefficient (Wildman–Crippen LogP) is 3.57. The Kier molecular flexibility index (Phi) is 5.23. The second-order valence-corrected chi connectivity index (χ2v) is 7.62. The van der Waals surface area contributed by atoms with Gasteiger partial charge in [-0.2, -0.15) is 0 Å². The van der Waals surface area contributed by atoms with Crippen LogP contribution >= 0.6 is 0 Å². The number of aromatic nitrogens is 2. The van der Waals surface area contributed by atoms with Crippen molar-refractivity contribution in [1.29, 1.82) is 0 Å². The van der Waals surface area contributed by atoms with Gasteiger partial charge >= 0.3 is 0 Å². The molecule has 1 aromatic heterocycles. The number of hydrogen-bond donors (Lipinski definition) is 1. The molecule has 0 unspecified atom stereocenters. The summed E-state index contributed by atoms with van der Waals surface area (Å²) in [4.78, 5) is 25.8. The van der Waals surface area contributed by atoms with Crippen LogP contribution in [0.15, 0.2) is 36.7 Å². The normalized spacial score (nSPS) is 18.0. The van der Waals surface area contributed by atoms with E-state index in [1.165, 1.54) is 31.4 Å². The molecule has 1 amide bonds. The molecule has 6 nitrogen and oxygen atoms in total. The van der Waals surface area contributed by atoms with Crippen LogP contribution in [0.4, 0.5) is 17.2 Å². The van der Waals surface area contributed by atoms with Crippen molar-refractivity contribution in [3.05, 3.63) is 42.4 Å². The van der Waals surface area contributed by atoms with Gasteiger partial charge in [-0.25, -0.2) is 9.97 Å². The topological polar surface area (TPSA) is 61.4 Å². The predicted molar refractivity (Wildman–Crippen MR) is 108 cm³/mol. The van der Waals surface area contributed by atoms with Crippen LogP contribution in [0.25, 0.3) is 0 Å². The Morgan fingerprint density at radius 2 is 1.67 bits per heavy atom. The average molecular weight is 365 g/mol. The molecule has 0 spiro atoms. The number of nitrogens with one attached hydrogen (secondary N) is 1. The molecule has 2 aromatic rings. The molecular formula is C21H27N5O. The molecule has 0 saturated carbocycles. The molecule has 0 aliphatic carbocycles. The Hall–Kier alpha value is -2.63. The summed E-state index contributed by atoms with van der Waals surface area (Å²) in [6.45, 7) is 6.52. The molecule has 0 bridgehead atoms. The minimum atomic E-state index is -0.227. The van der Waals surface area contributed by atoms with Crippen molar-refractivity contribution >= 4 is 23.1 Å². The zero-order valence-electron chi connectivity index (χ0n) is 15.9. The first kappa shape index (κ1) is 17.8. The lowest BCUT2D eigenvalue weighted by atomic mass is 9.99. The number of anilines is 3. The van der Waals surface area contributed by atoms with Crippen LogP contribution in [0.2, 0.25) is 0 Å². The first-order valence-corrected chi connectivity index (χ1v) is 9.92. The lowest BCUT2D eigenvalue weighted by Crippen LogP contribution is -2.33. The van der Waals surface area contributed by atoms with Gasteiger partial charge in [0.05, 0.1) is 12.4 Å². The van der Waals surface area contributed by atoms with Crippen molar-refractivity contribution in [1.82, 2.24) is 9.97 Å². The molecule has 1 N–H and O–H groups in total. The minimum absolute atomic E-state index is 0.227. The first-order chi connectivity index (χ1) is 13.2. The summed E-state index contributed by atoms with van der Waals surface area (Å²) in [5.41, 5.74) is 2.33. The Balaban J connectivity index is 1.36. The highest BCUT2D eigenvalue weighted by Crippen LogP contribution is 2.23. The van der Waals surface area contributed by atoms with Crippen LogP contribution in [-0.4, -0.2) is 42.1 Å². The van der Waals surface area contributed by atoms with Crippen LogP contribution in [0.3, 0.4) is 0 Å². The summed E-state index contributed by atoms with van der Waals surface area (Å²) < 4.78 is 0. The molecule has 4 rings (SSSR count). The lowest BCUT2D eigenvalue weighted by Gasteiger charge is -2.30. The third-order valence-electron chi connectivity index (χ3n) is 5.57. The Morgan fingerprint density at radius 1 is 0.963 bits per heavy atom. The van der Waals surface area contributed by atoms with Gasteiger partial charge in [0.15, 0.2) is 0 Å². The van der Waals surface area contributed by atoms with Crippen LogP contribution < -0.4 is 15.1 Å². The molecule has 2 aliphatic rings. The molecule has 3 heterocycles. The summed E-state index contributed by atoms with van der Waals surface area (Å²) in [5.74, 6) is 1.40. The number of piperidine rings is 1. The van der Waals surface area contributed by atoms with E-state index in [-0.39, 0.29) is 5.91 Å². The van der Waals surface area contributed by atoms with Gasteiger partial charge in [-0.15, -0.1) is 0 Å². The van der Waals surface area contributed by atoms with Crippen molar-refractivity contribution in [3.8, 4) is 0 Å². The van der Waals surface area contributed by atoms with E-state index < -0.39 is 0 Å². The van der Waals surface area contributed by atoms with Gasteiger partial charge in [0.1, 0.15) is 11.5 Å². The fourth-order valence-corrected chi connectivity index (χ4v) is 3.77. The third kappa shape index (κ3) is 4.21. The zero-order chi connectivity index (χ0) is 18.6. The number of nitrogens with zero attached hydrogens (tertiary/aromatic N) is 4. The zero-order valence-corrected chi connectivity index (χ0v) is 15.9. The lowest BCUT2D eigenvalue weighted by molar-refractivity contribution is 0.102. The van der Waals surface area contributed by atoms with Gasteiger partial charge in [-0.05, 0) is 55.9 Å². The van der Waals surface area contributed by atoms with E-state index in [0.717, 1.165) is 43.6 Å². The van der Waals surface area contributed by atoms with E-state index in [4.69, 9.17) is 0 Å². The minimum Gasteiger partial charge on any atom is -0.372 e. The highest BCUT2D eigenvalue weighted by molar-refractivity contribution is 6.02. The fourth-order valence-electron chi connectivity index (χ4n) is 3.77.